The standard InChI is InChI=1S/C22H26O2/c1-24-22(23)12-8-3-2-5-11-20-14-17-21(18-15-20)16-13-19-9-6-4-7-10-19/h4,6-7,9-10,13-18H,2-3,5,8,11-12H2,1H3. The number of hydrogen-bond donors (Lipinski definition) is 0. The molecule has 0 aliphatic rings. The van der Waals surface area contributed by atoms with Gasteiger partial charge in [-0.25, -0.2) is 0 Å². The molecule has 0 radical (unpaired) electrons. The van der Waals surface area contributed by atoms with E-state index >= 15 is 0 Å². The molecule has 2 rings (SSSR count). The third kappa shape index (κ3) is 6.82. The third-order valence-electron chi connectivity index (χ3n) is 4.07. The molecule has 0 amide bonds. The van der Waals surface area contributed by atoms with Gasteiger partial charge in [-0.2, -0.15) is 0 Å². The largest absolute Gasteiger partial charge is 0.469 e. The van der Waals surface area contributed by atoms with Crippen LogP contribution < -0.4 is 0 Å². The first-order valence-corrected chi connectivity index (χ1v) is 8.67. The lowest BCUT2D eigenvalue weighted by Crippen LogP contribution is -1.99. The number of aryl methyl sites for hydroxylation is 1. The summed E-state index contributed by atoms with van der Waals surface area (Å²) in [6.07, 6.45) is 10.3. The maximum atomic E-state index is 11.0. The number of ether oxygens (including phenoxy) is 1. The minimum Gasteiger partial charge on any atom is -0.469 e. The van der Waals surface area contributed by atoms with Crippen LogP contribution in [0.4, 0.5) is 0 Å². The molecule has 2 heteroatoms. The number of carbonyl (C=O) groups excluding carboxylic acids is 1. The Morgan fingerprint density at radius 1 is 0.833 bits per heavy atom. The van der Waals surface area contributed by atoms with Gasteiger partial charge in [0.2, 0.25) is 0 Å². The highest BCUT2D eigenvalue weighted by Gasteiger charge is 1.99. The van der Waals surface area contributed by atoms with Crippen LogP contribution in [0.5, 0.6) is 0 Å². The minimum atomic E-state index is -0.103. The van der Waals surface area contributed by atoms with Gasteiger partial charge in [0, 0.05) is 6.42 Å². The Balaban J connectivity index is 1.68. The van der Waals surface area contributed by atoms with Crippen molar-refractivity contribution in [2.45, 2.75) is 38.5 Å². The van der Waals surface area contributed by atoms with Gasteiger partial charge in [-0.3, -0.25) is 4.79 Å². The van der Waals surface area contributed by atoms with Gasteiger partial charge in [0.05, 0.1) is 7.11 Å². The molecule has 2 aromatic carbocycles. The number of esters is 1. The van der Waals surface area contributed by atoms with Gasteiger partial charge >= 0.3 is 5.97 Å². The fourth-order valence-corrected chi connectivity index (χ4v) is 2.61. The lowest BCUT2D eigenvalue weighted by Gasteiger charge is -2.03. The molecule has 0 N–H and O–H groups in total. The monoisotopic (exact) mass is 322 g/mol. The second-order valence-corrected chi connectivity index (χ2v) is 5.98. The van der Waals surface area contributed by atoms with E-state index in [4.69, 9.17) is 0 Å². The van der Waals surface area contributed by atoms with Crippen molar-refractivity contribution in [3.8, 4) is 0 Å². The van der Waals surface area contributed by atoms with Crippen LogP contribution >= 0.6 is 0 Å². The Labute approximate surface area is 145 Å². The van der Waals surface area contributed by atoms with Gasteiger partial charge in [-0.05, 0) is 36.0 Å². The molecule has 0 unspecified atom stereocenters. The number of hydrogen-bond acceptors (Lipinski definition) is 2. The second kappa shape index (κ2) is 10.4. The number of methoxy groups -OCH3 is 1. The van der Waals surface area contributed by atoms with Crippen LogP contribution in [0.15, 0.2) is 54.6 Å². The van der Waals surface area contributed by atoms with Crippen molar-refractivity contribution in [2.24, 2.45) is 0 Å². The van der Waals surface area contributed by atoms with Crippen molar-refractivity contribution >= 4 is 18.1 Å². The molecule has 2 nitrogen and oxygen atoms in total. The molecule has 0 saturated heterocycles. The van der Waals surface area contributed by atoms with E-state index < -0.39 is 0 Å². The molecule has 0 atom stereocenters. The minimum absolute atomic E-state index is 0.103. The van der Waals surface area contributed by atoms with Crippen LogP contribution in [-0.4, -0.2) is 13.1 Å². The van der Waals surface area contributed by atoms with Crippen LogP contribution in [0.1, 0.15) is 48.8 Å². The first-order chi connectivity index (χ1) is 11.8. The SMILES string of the molecule is COC(=O)CCCCCCc1ccc(C=Cc2ccccc2)cc1. The molecular weight excluding hydrogens is 296 g/mol. The van der Waals surface area contributed by atoms with E-state index in [0.29, 0.717) is 6.42 Å². The highest BCUT2D eigenvalue weighted by molar-refractivity contribution is 5.69. The van der Waals surface area contributed by atoms with Crippen molar-refractivity contribution < 1.29 is 9.53 Å². The van der Waals surface area contributed by atoms with Gasteiger partial charge in [0.25, 0.3) is 0 Å². The van der Waals surface area contributed by atoms with Gasteiger partial charge in [0.1, 0.15) is 0 Å². The number of benzene rings is 2. The highest BCUT2D eigenvalue weighted by atomic mass is 16.5. The molecule has 126 valence electrons. The molecule has 0 saturated carbocycles. The van der Waals surface area contributed by atoms with E-state index in [1.54, 1.807) is 0 Å². The first kappa shape index (κ1) is 18.0. The Hall–Kier alpha value is -2.35. The van der Waals surface area contributed by atoms with Gasteiger partial charge in [-0.1, -0.05) is 79.6 Å². The average Bonchev–Trinajstić information content (AvgIpc) is 2.64. The van der Waals surface area contributed by atoms with Crippen LogP contribution in [0.3, 0.4) is 0 Å². The third-order valence-corrected chi connectivity index (χ3v) is 4.07. The summed E-state index contributed by atoms with van der Waals surface area (Å²) in [5.74, 6) is -0.103. The summed E-state index contributed by atoms with van der Waals surface area (Å²) >= 11 is 0. The van der Waals surface area contributed by atoms with E-state index in [0.717, 1.165) is 25.7 Å². The Kier molecular flexibility index (Phi) is 7.82. The van der Waals surface area contributed by atoms with Crippen LogP contribution in [0.25, 0.3) is 12.2 Å². The molecular formula is C22H26O2. The van der Waals surface area contributed by atoms with E-state index in [1.807, 2.05) is 18.2 Å². The lowest BCUT2D eigenvalue weighted by molar-refractivity contribution is -0.140. The van der Waals surface area contributed by atoms with Gasteiger partial charge in [0.15, 0.2) is 0 Å². The summed E-state index contributed by atoms with van der Waals surface area (Å²) in [5.41, 5.74) is 3.81. The van der Waals surface area contributed by atoms with Crippen LogP contribution in [0.2, 0.25) is 0 Å². The average molecular weight is 322 g/mol. The first-order valence-electron chi connectivity index (χ1n) is 8.67. The molecule has 0 spiro atoms. The number of unbranched alkanes of at least 4 members (excludes halogenated alkanes) is 3. The Morgan fingerprint density at radius 2 is 1.46 bits per heavy atom. The van der Waals surface area contributed by atoms with Gasteiger partial charge in [-0.15, -0.1) is 0 Å². The molecule has 0 aliphatic carbocycles. The zero-order valence-corrected chi connectivity index (χ0v) is 14.4. The molecule has 0 heterocycles. The molecule has 0 aromatic heterocycles. The predicted molar refractivity (Wildman–Crippen MR) is 101 cm³/mol. The van der Waals surface area contributed by atoms with Crippen molar-refractivity contribution in [3.63, 3.8) is 0 Å². The smallest absolute Gasteiger partial charge is 0.305 e. The van der Waals surface area contributed by atoms with E-state index in [9.17, 15) is 4.79 Å². The quantitative estimate of drug-likeness (QED) is 0.345. The van der Waals surface area contributed by atoms with Crippen molar-refractivity contribution in [3.05, 3.63) is 71.3 Å². The summed E-state index contributed by atoms with van der Waals surface area (Å²) in [6.45, 7) is 0. The maximum Gasteiger partial charge on any atom is 0.305 e. The predicted octanol–water partition coefficient (Wildman–Crippen LogP) is 5.52. The molecule has 0 aliphatic heterocycles. The zero-order chi connectivity index (χ0) is 17.0. The second-order valence-electron chi connectivity index (χ2n) is 5.98. The highest BCUT2D eigenvalue weighted by Crippen LogP contribution is 2.13. The van der Waals surface area contributed by atoms with Crippen molar-refractivity contribution in [2.75, 3.05) is 7.11 Å². The molecule has 0 bridgehead atoms. The summed E-state index contributed by atoms with van der Waals surface area (Å²) in [4.78, 5) is 11.0. The fraction of sp³-hybridized carbons (Fsp3) is 0.318. The number of rotatable bonds is 9. The topological polar surface area (TPSA) is 26.3 Å². The zero-order valence-electron chi connectivity index (χ0n) is 14.4. The van der Waals surface area contributed by atoms with E-state index in [2.05, 4.69) is 53.3 Å². The summed E-state index contributed by atoms with van der Waals surface area (Å²) in [6, 6.07) is 19.1. The molecule has 24 heavy (non-hydrogen) atoms. The van der Waals surface area contributed by atoms with Gasteiger partial charge < -0.3 is 4.74 Å². The molecule has 2 aromatic rings. The maximum absolute atomic E-state index is 11.0. The van der Waals surface area contributed by atoms with Crippen LogP contribution in [-0.2, 0) is 16.0 Å². The van der Waals surface area contributed by atoms with E-state index in [1.165, 1.54) is 30.2 Å². The normalized spacial score (nSPS) is 10.9. The summed E-state index contributed by atoms with van der Waals surface area (Å²) in [5, 5.41) is 0. The summed E-state index contributed by atoms with van der Waals surface area (Å²) in [7, 11) is 1.45. The fourth-order valence-electron chi connectivity index (χ4n) is 2.61. The summed E-state index contributed by atoms with van der Waals surface area (Å²) < 4.78 is 4.64. The molecule has 0 fully saturated rings. The lowest BCUT2D eigenvalue weighted by atomic mass is 10.0. The Morgan fingerprint density at radius 3 is 2.12 bits per heavy atom. The number of carbonyl (C=O) groups is 1. The Bertz CT molecular complexity index is 627. The van der Waals surface area contributed by atoms with Crippen molar-refractivity contribution in [1.82, 2.24) is 0 Å². The van der Waals surface area contributed by atoms with E-state index in [-0.39, 0.29) is 5.97 Å². The van der Waals surface area contributed by atoms with Crippen LogP contribution in [0, 0.1) is 0 Å². The van der Waals surface area contributed by atoms with Crippen molar-refractivity contribution in [1.29, 1.82) is 0 Å².